The number of sulfone groups is 1. The number of halogens is 1. The van der Waals surface area contributed by atoms with Crippen molar-refractivity contribution in [2.45, 2.75) is 18.4 Å². The van der Waals surface area contributed by atoms with Crippen molar-refractivity contribution in [3.63, 3.8) is 0 Å². The molecule has 120 valence electrons. The third kappa shape index (κ3) is 3.05. The summed E-state index contributed by atoms with van der Waals surface area (Å²) in [6.07, 6.45) is 2.64. The molecule has 0 saturated heterocycles. The first-order valence-electron chi connectivity index (χ1n) is 6.93. The zero-order valence-corrected chi connectivity index (χ0v) is 13.4. The predicted octanol–water partition coefficient (Wildman–Crippen LogP) is 3.29. The van der Waals surface area contributed by atoms with Crippen molar-refractivity contribution in [3.8, 4) is 0 Å². The highest BCUT2D eigenvalue weighted by Gasteiger charge is 2.16. The number of hydrogen-bond acceptors (Lipinski definition) is 5. The van der Waals surface area contributed by atoms with Gasteiger partial charge < -0.3 is 9.73 Å². The number of pyridine rings is 1. The SMILES string of the molecule is Cc1c(CNc2ncccc2S(C)(=O)=O)oc2ccc(F)cc12. The van der Waals surface area contributed by atoms with E-state index in [1.807, 2.05) is 6.92 Å². The van der Waals surface area contributed by atoms with E-state index in [0.717, 1.165) is 11.8 Å². The lowest BCUT2D eigenvalue weighted by Gasteiger charge is -2.08. The third-order valence-electron chi connectivity index (χ3n) is 3.58. The largest absolute Gasteiger partial charge is 0.459 e. The summed E-state index contributed by atoms with van der Waals surface area (Å²) < 4.78 is 42.6. The first kappa shape index (κ1) is 15.5. The van der Waals surface area contributed by atoms with E-state index in [2.05, 4.69) is 10.3 Å². The number of nitrogens with zero attached hydrogens (tertiary/aromatic N) is 1. The van der Waals surface area contributed by atoms with Gasteiger partial charge in [-0.05, 0) is 37.3 Å². The summed E-state index contributed by atoms with van der Waals surface area (Å²) in [5.41, 5.74) is 1.40. The molecule has 23 heavy (non-hydrogen) atoms. The molecule has 0 bridgehead atoms. The van der Waals surface area contributed by atoms with Crippen LogP contribution in [0.5, 0.6) is 0 Å². The van der Waals surface area contributed by atoms with E-state index in [1.165, 1.54) is 24.4 Å². The minimum absolute atomic E-state index is 0.125. The molecule has 1 N–H and O–H groups in total. The summed E-state index contributed by atoms with van der Waals surface area (Å²) in [5, 5.41) is 3.67. The quantitative estimate of drug-likeness (QED) is 0.792. The Morgan fingerprint density at radius 2 is 2.09 bits per heavy atom. The number of benzene rings is 1. The topological polar surface area (TPSA) is 72.2 Å². The Labute approximate surface area is 133 Å². The molecule has 0 aliphatic rings. The average molecular weight is 334 g/mol. The number of fused-ring (bicyclic) bond motifs is 1. The lowest BCUT2D eigenvalue weighted by molar-refractivity contribution is 0.553. The van der Waals surface area contributed by atoms with E-state index in [4.69, 9.17) is 4.42 Å². The maximum Gasteiger partial charge on any atom is 0.179 e. The Hall–Kier alpha value is -2.41. The van der Waals surface area contributed by atoms with Gasteiger partial charge in [-0.15, -0.1) is 0 Å². The molecule has 0 unspecified atom stereocenters. The molecule has 0 aliphatic heterocycles. The van der Waals surface area contributed by atoms with Crippen molar-refractivity contribution in [2.75, 3.05) is 11.6 Å². The van der Waals surface area contributed by atoms with Gasteiger partial charge in [0.15, 0.2) is 9.84 Å². The highest BCUT2D eigenvalue weighted by molar-refractivity contribution is 7.90. The monoisotopic (exact) mass is 334 g/mol. The Kier molecular flexibility index (Phi) is 3.81. The van der Waals surface area contributed by atoms with Crippen LogP contribution in [0.15, 0.2) is 45.8 Å². The summed E-state index contributed by atoms with van der Waals surface area (Å²) in [5.74, 6) is 0.543. The number of aryl methyl sites for hydroxylation is 1. The van der Waals surface area contributed by atoms with E-state index in [1.54, 1.807) is 12.1 Å². The van der Waals surface area contributed by atoms with Gasteiger partial charge in [0, 0.05) is 23.4 Å². The number of rotatable bonds is 4. The fraction of sp³-hybridized carbons (Fsp3) is 0.188. The van der Waals surface area contributed by atoms with Crippen LogP contribution >= 0.6 is 0 Å². The molecule has 2 heterocycles. The Balaban J connectivity index is 1.92. The molecule has 0 saturated carbocycles. The van der Waals surface area contributed by atoms with Crippen LogP contribution in [0.3, 0.4) is 0 Å². The van der Waals surface area contributed by atoms with Gasteiger partial charge >= 0.3 is 0 Å². The highest BCUT2D eigenvalue weighted by Crippen LogP contribution is 2.27. The minimum atomic E-state index is -3.38. The van der Waals surface area contributed by atoms with Crippen molar-refractivity contribution < 1.29 is 17.2 Å². The van der Waals surface area contributed by atoms with Crippen LogP contribution in [-0.4, -0.2) is 19.7 Å². The molecule has 2 aromatic heterocycles. The maximum absolute atomic E-state index is 13.3. The lowest BCUT2D eigenvalue weighted by atomic mass is 10.1. The van der Waals surface area contributed by atoms with Crippen LogP contribution in [0.2, 0.25) is 0 Å². The highest BCUT2D eigenvalue weighted by atomic mass is 32.2. The molecule has 1 aromatic carbocycles. The van der Waals surface area contributed by atoms with Crippen LogP contribution < -0.4 is 5.32 Å². The van der Waals surface area contributed by atoms with Crippen molar-refractivity contribution in [1.82, 2.24) is 4.98 Å². The first-order chi connectivity index (χ1) is 10.9. The molecule has 0 atom stereocenters. The summed E-state index contributed by atoms with van der Waals surface area (Å²) in [6.45, 7) is 2.08. The molecule has 0 fully saturated rings. The van der Waals surface area contributed by atoms with Crippen molar-refractivity contribution in [1.29, 1.82) is 0 Å². The van der Waals surface area contributed by atoms with Crippen LogP contribution in [0.25, 0.3) is 11.0 Å². The molecule has 0 amide bonds. The second kappa shape index (κ2) is 5.66. The minimum Gasteiger partial charge on any atom is -0.459 e. The smallest absolute Gasteiger partial charge is 0.179 e. The van der Waals surface area contributed by atoms with E-state index < -0.39 is 9.84 Å². The van der Waals surface area contributed by atoms with Gasteiger partial charge in [0.25, 0.3) is 0 Å². The van der Waals surface area contributed by atoms with Crippen molar-refractivity contribution in [3.05, 3.63) is 53.7 Å². The molecule has 7 heteroatoms. The van der Waals surface area contributed by atoms with Gasteiger partial charge in [0.05, 0.1) is 6.54 Å². The summed E-state index contributed by atoms with van der Waals surface area (Å²) in [4.78, 5) is 4.19. The molecule has 0 radical (unpaired) electrons. The van der Waals surface area contributed by atoms with E-state index in [9.17, 15) is 12.8 Å². The Morgan fingerprint density at radius 1 is 1.30 bits per heavy atom. The van der Waals surface area contributed by atoms with Gasteiger partial charge in [-0.25, -0.2) is 17.8 Å². The first-order valence-corrected chi connectivity index (χ1v) is 8.82. The van der Waals surface area contributed by atoms with Crippen LogP contribution in [0.1, 0.15) is 11.3 Å². The van der Waals surface area contributed by atoms with Gasteiger partial charge in [0.1, 0.15) is 27.9 Å². The summed E-state index contributed by atoms with van der Waals surface area (Å²) >= 11 is 0. The van der Waals surface area contributed by atoms with E-state index >= 15 is 0 Å². The van der Waals surface area contributed by atoms with Gasteiger partial charge in [-0.1, -0.05) is 0 Å². The van der Waals surface area contributed by atoms with Gasteiger partial charge in [-0.3, -0.25) is 0 Å². The normalized spacial score (nSPS) is 11.8. The fourth-order valence-electron chi connectivity index (χ4n) is 2.40. The number of aromatic nitrogens is 1. The average Bonchev–Trinajstić information content (AvgIpc) is 2.81. The molecule has 3 rings (SSSR count). The second-order valence-electron chi connectivity index (χ2n) is 5.27. The standard InChI is InChI=1S/C16H15FN2O3S/c1-10-12-8-11(17)5-6-13(12)22-14(10)9-19-16-15(23(2,20)21)4-3-7-18-16/h3-8H,9H2,1-2H3,(H,18,19). The molecule has 3 aromatic rings. The molecular formula is C16H15FN2O3S. The summed E-state index contributed by atoms with van der Waals surface area (Å²) in [7, 11) is -3.38. The van der Waals surface area contributed by atoms with Crippen LogP contribution in [0.4, 0.5) is 10.2 Å². The number of nitrogens with one attached hydrogen (secondary N) is 1. The molecular weight excluding hydrogens is 319 g/mol. The Bertz CT molecular complexity index is 980. The summed E-state index contributed by atoms with van der Waals surface area (Å²) in [6, 6.07) is 7.38. The van der Waals surface area contributed by atoms with Crippen LogP contribution in [-0.2, 0) is 16.4 Å². The lowest BCUT2D eigenvalue weighted by Crippen LogP contribution is -2.08. The predicted molar refractivity (Wildman–Crippen MR) is 85.6 cm³/mol. The third-order valence-corrected chi connectivity index (χ3v) is 4.71. The van der Waals surface area contributed by atoms with Gasteiger partial charge in [-0.2, -0.15) is 0 Å². The Morgan fingerprint density at radius 3 is 2.83 bits per heavy atom. The van der Waals surface area contributed by atoms with Crippen molar-refractivity contribution in [2.24, 2.45) is 0 Å². The zero-order chi connectivity index (χ0) is 16.6. The van der Waals surface area contributed by atoms with E-state index in [0.29, 0.717) is 16.7 Å². The number of furan rings is 1. The van der Waals surface area contributed by atoms with Gasteiger partial charge in [0.2, 0.25) is 0 Å². The van der Waals surface area contributed by atoms with Crippen LogP contribution in [0, 0.1) is 12.7 Å². The van der Waals surface area contributed by atoms with E-state index in [-0.39, 0.29) is 23.1 Å². The molecule has 5 nitrogen and oxygen atoms in total. The number of anilines is 1. The molecule has 0 aliphatic carbocycles. The molecule has 0 spiro atoms. The zero-order valence-electron chi connectivity index (χ0n) is 12.6. The van der Waals surface area contributed by atoms with Crippen molar-refractivity contribution >= 4 is 26.6 Å². The fourth-order valence-corrected chi connectivity index (χ4v) is 3.20. The maximum atomic E-state index is 13.3. The second-order valence-corrected chi connectivity index (χ2v) is 7.25. The number of hydrogen-bond donors (Lipinski definition) is 1.